The van der Waals surface area contributed by atoms with Gasteiger partial charge in [0.25, 0.3) is 11.8 Å². The maximum Gasteiger partial charge on any atom is 0.324 e. The van der Waals surface area contributed by atoms with Crippen LogP contribution < -0.4 is 15.1 Å². The molecule has 1 N–H and O–H groups in total. The number of urea groups is 1. The number of fused-ring (bicyclic) bond motifs is 1. The van der Waals surface area contributed by atoms with E-state index >= 15 is 0 Å². The molecule has 0 saturated carbocycles. The molecule has 0 radical (unpaired) electrons. The van der Waals surface area contributed by atoms with Crippen molar-refractivity contribution < 1.29 is 24.0 Å². The van der Waals surface area contributed by atoms with Gasteiger partial charge in [-0.3, -0.25) is 34.3 Å². The summed E-state index contributed by atoms with van der Waals surface area (Å²) in [7, 11) is 0. The minimum atomic E-state index is -0.969. The molecule has 3 saturated heterocycles. The summed E-state index contributed by atoms with van der Waals surface area (Å²) >= 11 is 3.48. The lowest BCUT2D eigenvalue weighted by molar-refractivity contribution is -0.136. The number of carbonyl (C=O) groups excluding carboxylic acids is 5. The number of anilines is 2. The van der Waals surface area contributed by atoms with Crippen LogP contribution in [0.1, 0.15) is 46.4 Å². The zero-order valence-corrected chi connectivity index (χ0v) is 22.9. The van der Waals surface area contributed by atoms with Crippen LogP contribution in [0, 0.1) is 5.92 Å². The maximum absolute atomic E-state index is 13.1. The highest BCUT2D eigenvalue weighted by Gasteiger charge is 2.45. The fraction of sp³-hybridized carbons (Fsp3) is 0.393. The van der Waals surface area contributed by atoms with Crippen molar-refractivity contribution in [3.8, 4) is 0 Å². The maximum atomic E-state index is 13.1. The number of amides is 6. The van der Waals surface area contributed by atoms with E-state index in [1.165, 1.54) is 0 Å². The minimum Gasteiger partial charge on any atom is -0.371 e. The van der Waals surface area contributed by atoms with E-state index < -0.39 is 29.7 Å². The molecule has 39 heavy (non-hydrogen) atoms. The largest absolute Gasteiger partial charge is 0.371 e. The van der Waals surface area contributed by atoms with Crippen molar-refractivity contribution in [1.82, 2.24) is 15.1 Å². The average Bonchev–Trinajstić information content (AvgIpc) is 3.13. The standard InChI is InChI=1S/C28H28BrN5O5/c29-18-3-1-4-20(13-18)33-11-2-10-31(28(33)39)12-9-17-15-32(16-17)19-5-6-21-22(14-19)27(38)34(26(21)37)23-7-8-24(35)30-25(23)36/h1,3-6,13-14,17,23H,2,7-12,15-16H2,(H,30,35,36). The van der Waals surface area contributed by atoms with Crippen LogP contribution in [0.4, 0.5) is 16.2 Å². The first-order chi connectivity index (χ1) is 18.8. The quantitative estimate of drug-likeness (QED) is 0.516. The molecule has 6 amide bonds. The second kappa shape index (κ2) is 10.1. The van der Waals surface area contributed by atoms with E-state index in [1.807, 2.05) is 40.1 Å². The smallest absolute Gasteiger partial charge is 0.324 e. The van der Waals surface area contributed by atoms with Gasteiger partial charge in [0.2, 0.25) is 11.8 Å². The molecule has 1 unspecified atom stereocenters. The van der Waals surface area contributed by atoms with Crippen LogP contribution >= 0.6 is 15.9 Å². The summed E-state index contributed by atoms with van der Waals surface area (Å²) in [6, 6.07) is 12.1. The normalized spacial score (nSPS) is 21.9. The number of imide groups is 2. The topological polar surface area (TPSA) is 110 Å². The minimum absolute atomic E-state index is 0.0397. The van der Waals surface area contributed by atoms with Crippen LogP contribution in [0.25, 0.3) is 0 Å². The van der Waals surface area contributed by atoms with Gasteiger partial charge in [0.15, 0.2) is 0 Å². The molecule has 2 aromatic carbocycles. The van der Waals surface area contributed by atoms with Crippen molar-refractivity contribution in [2.75, 3.05) is 42.5 Å². The average molecular weight is 594 g/mol. The van der Waals surface area contributed by atoms with Crippen molar-refractivity contribution in [2.24, 2.45) is 5.92 Å². The van der Waals surface area contributed by atoms with Crippen LogP contribution in [-0.4, -0.2) is 78.2 Å². The van der Waals surface area contributed by atoms with Gasteiger partial charge in [-0.25, -0.2) is 4.79 Å². The number of halogens is 1. The van der Waals surface area contributed by atoms with Crippen LogP contribution in [0.3, 0.4) is 0 Å². The number of piperidine rings is 1. The molecule has 202 valence electrons. The van der Waals surface area contributed by atoms with Gasteiger partial charge in [-0.2, -0.15) is 0 Å². The Bertz CT molecular complexity index is 1390. The number of carbonyl (C=O) groups is 5. The molecule has 11 heteroatoms. The molecule has 0 spiro atoms. The highest BCUT2D eigenvalue weighted by molar-refractivity contribution is 9.10. The van der Waals surface area contributed by atoms with Crippen molar-refractivity contribution in [3.63, 3.8) is 0 Å². The highest BCUT2D eigenvalue weighted by atomic mass is 79.9. The summed E-state index contributed by atoms with van der Waals surface area (Å²) in [5.41, 5.74) is 2.32. The van der Waals surface area contributed by atoms with Gasteiger partial charge in [-0.05, 0) is 61.6 Å². The van der Waals surface area contributed by atoms with Gasteiger partial charge < -0.3 is 9.80 Å². The number of benzene rings is 2. The van der Waals surface area contributed by atoms with Crippen molar-refractivity contribution >= 4 is 57.0 Å². The van der Waals surface area contributed by atoms with Crippen molar-refractivity contribution in [1.29, 1.82) is 0 Å². The van der Waals surface area contributed by atoms with E-state index in [0.29, 0.717) is 19.0 Å². The van der Waals surface area contributed by atoms with Gasteiger partial charge in [0.05, 0.1) is 11.1 Å². The predicted molar refractivity (Wildman–Crippen MR) is 147 cm³/mol. The molecule has 0 bridgehead atoms. The van der Waals surface area contributed by atoms with Crippen LogP contribution in [-0.2, 0) is 9.59 Å². The van der Waals surface area contributed by atoms with Gasteiger partial charge in [-0.1, -0.05) is 22.0 Å². The Hall–Kier alpha value is -3.73. The lowest BCUT2D eigenvalue weighted by atomic mass is 9.94. The van der Waals surface area contributed by atoms with Crippen molar-refractivity contribution in [3.05, 3.63) is 58.1 Å². The zero-order valence-electron chi connectivity index (χ0n) is 21.3. The Balaban J connectivity index is 1.05. The Labute approximate surface area is 234 Å². The molecule has 2 aromatic rings. The fourth-order valence-corrected chi connectivity index (χ4v) is 6.22. The second-order valence-corrected chi connectivity index (χ2v) is 11.4. The predicted octanol–water partition coefficient (Wildman–Crippen LogP) is 3.01. The first kappa shape index (κ1) is 25.5. The zero-order chi connectivity index (χ0) is 27.3. The van der Waals surface area contributed by atoms with Gasteiger partial charge in [0, 0.05) is 55.0 Å². The van der Waals surface area contributed by atoms with Gasteiger partial charge >= 0.3 is 6.03 Å². The Kier molecular flexibility index (Phi) is 6.62. The molecule has 0 aliphatic carbocycles. The summed E-state index contributed by atoms with van der Waals surface area (Å²) in [6.45, 7) is 3.76. The number of hydrogen-bond donors (Lipinski definition) is 1. The third-order valence-electron chi connectivity index (χ3n) is 7.98. The van der Waals surface area contributed by atoms with Gasteiger partial charge in [0.1, 0.15) is 6.04 Å². The molecule has 3 fully saturated rings. The summed E-state index contributed by atoms with van der Waals surface area (Å²) in [6.07, 6.45) is 2.04. The number of rotatable bonds is 6. The molecule has 6 rings (SSSR count). The number of nitrogens with one attached hydrogen (secondary N) is 1. The molecule has 0 aromatic heterocycles. The van der Waals surface area contributed by atoms with Crippen LogP contribution in [0.5, 0.6) is 0 Å². The Morgan fingerprint density at radius 1 is 0.897 bits per heavy atom. The lowest BCUT2D eigenvalue weighted by Gasteiger charge is -2.43. The molecule has 4 aliphatic heterocycles. The van der Waals surface area contributed by atoms with E-state index in [1.54, 1.807) is 12.1 Å². The Morgan fingerprint density at radius 2 is 1.69 bits per heavy atom. The summed E-state index contributed by atoms with van der Waals surface area (Å²) in [5, 5.41) is 2.22. The first-order valence-corrected chi connectivity index (χ1v) is 14.0. The second-order valence-electron chi connectivity index (χ2n) is 10.5. The molecule has 4 aliphatic rings. The van der Waals surface area contributed by atoms with E-state index in [9.17, 15) is 24.0 Å². The molecule has 4 heterocycles. The number of hydrogen-bond acceptors (Lipinski definition) is 6. The summed E-state index contributed by atoms with van der Waals surface area (Å²) < 4.78 is 0.945. The summed E-state index contributed by atoms with van der Waals surface area (Å²) in [4.78, 5) is 69.8. The SMILES string of the molecule is O=C1CCC(N2C(=O)c3ccc(N4CC(CCN5CCCN(c6cccc(Br)c6)C5=O)C4)cc3C2=O)C(=O)N1. The Morgan fingerprint density at radius 3 is 2.46 bits per heavy atom. The highest BCUT2D eigenvalue weighted by Crippen LogP contribution is 2.34. The van der Waals surface area contributed by atoms with E-state index in [4.69, 9.17) is 0 Å². The third kappa shape index (κ3) is 4.69. The monoisotopic (exact) mass is 593 g/mol. The molecule has 1 atom stereocenters. The van der Waals surface area contributed by atoms with Crippen molar-refractivity contribution in [2.45, 2.75) is 31.7 Å². The van der Waals surface area contributed by atoms with Gasteiger partial charge in [-0.15, -0.1) is 0 Å². The van der Waals surface area contributed by atoms with E-state index in [0.717, 1.165) is 53.2 Å². The molecular weight excluding hydrogens is 566 g/mol. The van der Waals surface area contributed by atoms with E-state index in [2.05, 4.69) is 26.1 Å². The molecular formula is C28H28BrN5O5. The molecule has 10 nitrogen and oxygen atoms in total. The number of nitrogens with zero attached hydrogens (tertiary/aromatic N) is 4. The fourth-order valence-electron chi connectivity index (χ4n) is 5.83. The van der Waals surface area contributed by atoms with Crippen LogP contribution in [0.2, 0.25) is 0 Å². The summed E-state index contributed by atoms with van der Waals surface area (Å²) in [5.74, 6) is -1.58. The first-order valence-electron chi connectivity index (χ1n) is 13.2. The lowest BCUT2D eigenvalue weighted by Crippen LogP contribution is -2.54. The van der Waals surface area contributed by atoms with E-state index in [-0.39, 0.29) is 30.0 Å². The third-order valence-corrected chi connectivity index (χ3v) is 8.48. The van der Waals surface area contributed by atoms with Crippen LogP contribution in [0.15, 0.2) is 46.9 Å².